The van der Waals surface area contributed by atoms with E-state index in [0.717, 1.165) is 30.2 Å². The molecule has 0 bridgehead atoms. The maximum absolute atomic E-state index is 11.8. The second-order valence-corrected chi connectivity index (χ2v) is 6.83. The maximum atomic E-state index is 11.8. The zero-order valence-electron chi connectivity index (χ0n) is 17.9. The summed E-state index contributed by atoms with van der Waals surface area (Å²) in [5.41, 5.74) is -0.783. The SMILES string of the molecule is Cn1c(=O)cnn(CCCCNCC2COc3ncccc3O2)c1=O.O=C(O)/C=C/C(=O)O. The largest absolute Gasteiger partial charge is 0.480 e. The molecule has 178 valence electrons. The van der Waals surface area contributed by atoms with E-state index >= 15 is 0 Å². The van der Waals surface area contributed by atoms with Gasteiger partial charge in [0.2, 0.25) is 0 Å². The molecule has 0 fully saturated rings. The number of hydrogen-bond donors (Lipinski definition) is 3. The molecule has 1 aliphatic rings. The highest BCUT2D eigenvalue weighted by Gasteiger charge is 2.20. The van der Waals surface area contributed by atoms with Gasteiger partial charge in [0.25, 0.3) is 11.4 Å². The molecule has 2 aromatic rings. The van der Waals surface area contributed by atoms with Crippen LogP contribution in [0.3, 0.4) is 0 Å². The molecular formula is C20H25N5O8. The predicted molar refractivity (Wildman–Crippen MR) is 114 cm³/mol. The number of rotatable bonds is 9. The van der Waals surface area contributed by atoms with Crippen molar-refractivity contribution in [3.05, 3.63) is 57.5 Å². The number of hydrogen-bond acceptors (Lipinski definition) is 9. The van der Waals surface area contributed by atoms with E-state index in [1.807, 2.05) is 12.1 Å². The highest BCUT2D eigenvalue weighted by molar-refractivity contribution is 5.89. The summed E-state index contributed by atoms with van der Waals surface area (Å²) in [7, 11) is 1.45. The number of carbonyl (C=O) groups is 2. The van der Waals surface area contributed by atoms with Gasteiger partial charge in [-0.1, -0.05) is 0 Å². The fourth-order valence-electron chi connectivity index (χ4n) is 2.65. The second kappa shape index (κ2) is 12.8. The lowest BCUT2D eigenvalue weighted by molar-refractivity contribution is -0.134. The number of ether oxygens (including phenoxy) is 2. The van der Waals surface area contributed by atoms with Gasteiger partial charge in [-0.15, -0.1) is 0 Å². The molecule has 1 atom stereocenters. The molecule has 0 aliphatic carbocycles. The third kappa shape index (κ3) is 8.57. The summed E-state index contributed by atoms with van der Waals surface area (Å²) in [5, 5.41) is 22.8. The van der Waals surface area contributed by atoms with Gasteiger partial charge in [-0.25, -0.2) is 24.0 Å². The molecule has 1 unspecified atom stereocenters. The van der Waals surface area contributed by atoms with Gasteiger partial charge in [-0.05, 0) is 31.5 Å². The third-order valence-electron chi connectivity index (χ3n) is 4.30. The van der Waals surface area contributed by atoms with E-state index in [2.05, 4.69) is 15.4 Å². The number of aryl methyl sites for hydroxylation is 1. The number of nitrogens with one attached hydrogen (secondary N) is 1. The average Bonchev–Trinajstić information content (AvgIpc) is 2.80. The van der Waals surface area contributed by atoms with Crippen LogP contribution < -0.4 is 26.0 Å². The minimum absolute atomic E-state index is 0.0513. The van der Waals surface area contributed by atoms with E-state index in [9.17, 15) is 19.2 Å². The van der Waals surface area contributed by atoms with Crippen LogP contribution in [0.5, 0.6) is 11.6 Å². The Kier molecular flexibility index (Phi) is 9.77. The van der Waals surface area contributed by atoms with Gasteiger partial charge in [0.1, 0.15) is 18.9 Å². The number of fused-ring (bicyclic) bond motifs is 1. The number of aromatic nitrogens is 4. The fraction of sp³-hybridized carbons (Fsp3) is 0.400. The first-order valence-corrected chi connectivity index (χ1v) is 10.00. The molecule has 1 aliphatic heterocycles. The van der Waals surface area contributed by atoms with Crippen LogP contribution in [0.25, 0.3) is 0 Å². The number of carboxylic acids is 2. The Balaban J connectivity index is 0.000000414. The Labute approximate surface area is 187 Å². The minimum atomic E-state index is -1.26. The van der Waals surface area contributed by atoms with Gasteiger partial charge < -0.3 is 25.0 Å². The fourth-order valence-corrected chi connectivity index (χ4v) is 2.65. The molecule has 33 heavy (non-hydrogen) atoms. The van der Waals surface area contributed by atoms with Crippen LogP contribution >= 0.6 is 0 Å². The summed E-state index contributed by atoms with van der Waals surface area (Å²) in [4.78, 5) is 46.3. The smallest absolute Gasteiger partial charge is 0.347 e. The van der Waals surface area contributed by atoms with Crippen molar-refractivity contribution < 1.29 is 29.3 Å². The van der Waals surface area contributed by atoms with E-state index in [4.69, 9.17) is 19.7 Å². The highest BCUT2D eigenvalue weighted by Crippen LogP contribution is 2.27. The lowest BCUT2D eigenvalue weighted by atomic mass is 10.3. The number of pyridine rings is 1. The lowest BCUT2D eigenvalue weighted by Gasteiger charge is -2.25. The molecule has 3 N–H and O–H groups in total. The first kappa shape index (κ1) is 25.3. The van der Waals surface area contributed by atoms with Crippen molar-refractivity contribution >= 4 is 11.9 Å². The van der Waals surface area contributed by atoms with Crippen LogP contribution in [-0.4, -0.2) is 67.3 Å². The summed E-state index contributed by atoms with van der Waals surface area (Å²) in [5.74, 6) is -1.31. The number of carboxylic acid groups (broad SMARTS) is 2. The molecule has 13 nitrogen and oxygen atoms in total. The van der Waals surface area contributed by atoms with Crippen molar-refractivity contribution in [1.29, 1.82) is 0 Å². The molecule has 0 amide bonds. The first-order valence-electron chi connectivity index (χ1n) is 10.00. The first-order chi connectivity index (χ1) is 15.8. The monoisotopic (exact) mass is 463 g/mol. The van der Waals surface area contributed by atoms with Gasteiger partial charge >= 0.3 is 17.6 Å². The van der Waals surface area contributed by atoms with Crippen molar-refractivity contribution in [3.8, 4) is 11.6 Å². The maximum Gasteiger partial charge on any atom is 0.347 e. The summed E-state index contributed by atoms with van der Waals surface area (Å²) in [6, 6.07) is 3.65. The summed E-state index contributed by atoms with van der Waals surface area (Å²) >= 11 is 0. The molecule has 13 heteroatoms. The van der Waals surface area contributed by atoms with Crippen molar-refractivity contribution in [2.75, 3.05) is 19.7 Å². The van der Waals surface area contributed by atoms with Crippen LogP contribution in [0.2, 0.25) is 0 Å². The van der Waals surface area contributed by atoms with Crippen molar-refractivity contribution in [2.45, 2.75) is 25.5 Å². The van der Waals surface area contributed by atoms with Crippen molar-refractivity contribution in [3.63, 3.8) is 0 Å². The van der Waals surface area contributed by atoms with E-state index in [1.54, 1.807) is 6.20 Å². The quantitative estimate of drug-likeness (QED) is 0.315. The third-order valence-corrected chi connectivity index (χ3v) is 4.30. The number of aliphatic carboxylic acids is 2. The second-order valence-electron chi connectivity index (χ2n) is 6.83. The molecule has 0 spiro atoms. The molecule has 0 saturated heterocycles. The van der Waals surface area contributed by atoms with Crippen molar-refractivity contribution in [2.24, 2.45) is 7.05 Å². The van der Waals surface area contributed by atoms with Gasteiger partial charge in [0, 0.05) is 38.5 Å². The van der Waals surface area contributed by atoms with Crippen LogP contribution in [-0.2, 0) is 23.2 Å². The molecule has 3 rings (SSSR count). The molecular weight excluding hydrogens is 438 g/mol. The van der Waals surface area contributed by atoms with Crippen molar-refractivity contribution in [1.82, 2.24) is 24.6 Å². The average molecular weight is 463 g/mol. The Bertz CT molecular complexity index is 1080. The summed E-state index contributed by atoms with van der Waals surface area (Å²) < 4.78 is 13.7. The van der Waals surface area contributed by atoms with E-state index in [-0.39, 0.29) is 11.8 Å². The zero-order valence-corrected chi connectivity index (χ0v) is 17.9. The minimum Gasteiger partial charge on any atom is -0.480 e. The van der Waals surface area contributed by atoms with Crippen LogP contribution in [0, 0.1) is 0 Å². The number of unbranched alkanes of at least 4 members (excludes halogenated alkanes) is 1. The molecule has 0 radical (unpaired) electrons. The number of nitrogens with zero attached hydrogens (tertiary/aromatic N) is 4. The van der Waals surface area contributed by atoms with Gasteiger partial charge in [0.15, 0.2) is 5.75 Å². The Morgan fingerprint density at radius 3 is 2.67 bits per heavy atom. The standard InChI is InChI=1S/C16H21N5O4.C4H4O4/c1-20-14(22)10-19-21(16(20)23)8-3-2-6-17-9-12-11-24-15-13(25-12)5-4-7-18-15;5-3(6)1-2-4(7)8/h4-5,7,10,12,17H,2-3,6,8-9,11H2,1H3;1-2H,(H,5,6)(H,7,8)/b;2-1+. The van der Waals surface area contributed by atoms with Gasteiger partial charge in [-0.3, -0.25) is 9.36 Å². The Hall–Kier alpha value is -4.00. The highest BCUT2D eigenvalue weighted by atomic mass is 16.6. The predicted octanol–water partition coefficient (Wildman–Crippen LogP) is -0.741. The van der Waals surface area contributed by atoms with E-state index in [0.29, 0.717) is 43.5 Å². The summed E-state index contributed by atoms with van der Waals surface area (Å²) in [6.45, 7) is 2.41. The van der Waals surface area contributed by atoms with E-state index in [1.165, 1.54) is 11.7 Å². The Morgan fingerprint density at radius 1 is 1.24 bits per heavy atom. The molecule has 0 aromatic carbocycles. The lowest BCUT2D eigenvalue weighted by Crippen LogP contribution is -2.39. The normalized spacial score (nSPS) is 14.4. The van der Waals surface area contributed by atoms with Gasteiger partial charge in [-0.2, -0.15) is 5.10 Å². The summed E-state index contributed by atoms with van der Waals surface area (Å²) in [6.07, 6.45) is 5.56. The topological polar surface area (TPSA) is 175 Å². The zero-order chi connectivity index (χ0) is 24.2. The van der Waals surface area contributed by atoms with Crippen LogP contribution in [0.4, 0.5) is 0 Å². The Morgan fingerprint density at radius 2 is 1.97 bits per heavy atom. The molecule has 0 saturated carbocycles. The van der Waals surface area contributed by atoms with E-state index < -0.39 is 17.5 Å². The van der Waals surface area contributed by atoms with Crippen LogP contribution in [0.15, 0.2) is 46.3 Å². The van der Waals surface area contributed by atoms with Gasteiger partial charge in [0.05, 0.1) is 0 Å². The van der Waals surface area contributed by atoms with Crippen LogP contribution in [0.1, 0.15) is 12.8 Å². The molecule has 3 heterocycles. The molecule has 2 aromatic heterocycles.